The highest BCUT2D eigenvalue weighted by atomic mass is 32.1. The number of benzene rings is 1. The second-order valence-corrected chi connectivity index (χ2v) is 7.47. The summed E-state index contributed by atoms with van der Waals surface area (Å²) in [6, 6.07) is 12.2. The molecule has 0 unspecified atom stereocenters. The van der Waals surface area contributed by atoms with Crippen LogP contribution in [0.25, 0.3) is 21.5 Å². The Morgan fingerprint density at radius 3 is 2.78 bits per heavy atom. The molecule has 0 fully saturated rings. The monoisotopic (exact) mass is 379 g/mol. The predicted octanol–water partition coefficient (Wildman–Crippen LogP) is 4.31. The Balaban J connectivity index is 1.56. The molecule has 0 spiro atoms. The van der Waals surface area contributed by atoms with Crippen LogP contribution >= 0.6 is 11.3 Å². The lowest BCUT2D eigenvalue weighted by Crippen LogP contribution is -2.17. The maximum absolute atomic E-state index is 5.52. The molecule has 3 aromatic heterocycles. The maximum Gasteiger partial charge on any atom is 0.231 e. The number of ether oxygens (including phenoxy) is 2. The third kappa shape index (κ3) is 3.15. The molecule has 0 amide bonds. The van der Waals surface area contributed by atoms with Gasteiger partial charge in [-0.1, -0.05) is 11.2 Å². The lowest BCUT2D eigenvalue weighted by molar-refractivity contribution is 0.174. The van der Waals surface area contributed by atoms with Crippen LogP contribution in [0, 0.1) is 0 Å². The van der Waals surface area contributed by atoms with Crippen molar-refractivity contribution in [1.29, 1.82) is 0 Å². The lowest BCUT2D eigenvalue weighted by atomic mass is 10.1. The van der Waals surface area contributed by atoms with E-state index in [1.54, 1.807) is 17.5 Å². The van der Waals surface area contributed by atoms with Crippen molar-refractivity contribution in [1.82, 2.24) is 15.0 Å². The van der Waals surface area contributed by atoms with Crippen LogP contribution in [0.4, 0.5) is 0 Å². The van der Waals surface area contributed by atoms with E-state index in [0.29, 0.717) is 6.54 Å². The first-order valence-corrected chi connectivity index (χ1v) is 9.49. The Morgan fingerprint density at radius 1 is 1.11 bits per heavy atom. The summed E-state index contributed by atoms with van der Waals surface area (Å²) >= 11 is 1.69. The van der Waals surface area contributed by atoms with Crippen LogP contribution in [-0.2, 0) is 13.1 Å². The lowest BCUT2D eigenvalue weighted by Gasteiger charge is -2.17. The highest BCUT2D eigenvalue weighted by molar-refractivity contribution is 7.13. The molecule has 0 saturated heterocycles. The van der Waals surface area contributed by atoms with Crippen LogP contribution < -0.4 is 9.47 Å². The van der Waals surface area contributed by atoms with Gasteiger partial charge in [0.25, 0.3) is 0 Å². The standard InChI is InChI=1S/C20H17N3O3S/c1-23(11-15-4-5-21-26-15)10-14-7-13-8-17-18(25-12-24-17)9-16(13)22-20(14)19-3-2-6-27-19/h2-9H,10-12H2,1H3. The molecule has 0 N–H and O–H groups in total. The molecule has 4 aromatic rings. The van der Waals surface area contributed by atoms with Gasteiger partial charge in [-0.3, -0.25) is 4.90 Å². The highest BCUT2D eigenvalue weighted by Crippen LogP contribution is 2.38. The van der Waals surface area contributed by atoms with Crippen molar-refractivity contribution in [3.63, 3.8) is 0 Å². The van der Waals surface area contributed by atoms with E-state index in [0.717, 1.165) is 50.8 Å². The number of hydrogen-bond acceptors (Lipinski definition) is 7. The Bertz CT molecular complexity index is 1080. The summed E-state index contributed by atoms with van der Waals surface area (Å²) in [6.45, 7) is 1.69. The molecule has 136 valence electrons. The van der Waals surface area contributed by atoms with Crippen molar-refractivity contribution >= 4 is 22.2 Å². The largest absolute Gasteiger partial charge is 0.454 e. The van der Waals surface area contributed by atoms with Crippen molar-refractivity contribution in [3.8, 4) is 22.1 Å². The van der Waals surface area contributed by atoms with Crippen molar-refractivity contribution in [3.05, 3.63) is 59.3 Å². The number of rotatable bonds is 5. The predicted molar refractivity (Wildman–Crippen MR) is 103 cm³/mol. The molecule has 0 radical (unpaired) electrons. The topological polar surface area (TPSA) is 60.6 Å². The van der Waals surface area contributed by atoms with Gasteiger partial charge in [0.2, 0.25) is 6.79 Å². The molecular weight excluding hydrogens is 362 g/mol. The van der Waals surface area contributed by atoms with E-state index in [1.165, 1.54) is 0 Å². The molecule has 0 saturated carbocycles. The third-order valence-electron chi connectivity index (χ3n) is 4.50. The molecule has 4 heterocycles. The van der Waals surface area contributed by atoms with Gasteiger partial charge in [-0.25, -0.2) is 4.98 Å². The fourth-order valence-electron chi connectivity index (χ4n) is 3.29. The van der Waals surface area contributed by atoms with Gasteiger partial charge in [0.1, 0.15) is 0 Å². The molecule has 6 nitrogen and oxygen atoms in total. The smallest absolute Gasteiger partial charge is 0.231 e. The molecule has 7 heteroatoms. The highest BCUT2D eigenvalue weighted by Gasteiger charge is 2.18. The molecule has 0 bridgehead atoms. The Hall–Kier alpha value is -2.90. The zero-order valence-electron chi connectivity index (χ0n) is 14.7. The van der Waals surface area contributed by atoms with E-state index in [2.05, 4.69) is 34.6 Å². The molecule has 1 aliphatic rings. The Kier molecular flexibility index (Phi) is 4.03. The van der Waals surface area contributed by atoms with E-state index in [1.807, 2.05) is 24.3 Å². The van der Waals surface area contributed by atoms with Gasteiger partial charge in [-0.15, -0.1) is 11.3 Å². The minimum absolute atomic E-state index is 0.260. The fourth-order valence-corrected chi connectivity index (χ4v) is 4.04. The first-order valence-electron chi connectivity index (χ1n) is 8.61. The Labute approximate surface area is 159 Å². The zero-order valence-corrected chi connectivity index (χ0v) is 15.5. The minimum Gasteiger partial charge on any atom is -0.454 e. The van der Waals surface area contributed by atoms with E-state index in [9.17, 15) is 0 Å². The molecule has 0 aliphatic carbocycles. The van der Waals surface area contributed by atoms with Crippen molar-refractivity contribution in [2.24, 2.45) is 0 Å². The summed E-state index contributed by atoms with van der Waals surface area (Å²) in [7, 11) is 2.06. The number of nitrogens with zero attached hydrogens (tertiary/aromatic N) is 3. The van der Waals surface area contributed by atoms with Crippen molar-refractivity contribution in [2.75, 3.05) is 13.8 Å². The summed E-state index contributed by atoms with van der Waals surface area (Å²) < 4.78 is 16.3. The second kappa shape index (κ2) is 6.68. The number of pyridine rings is 1. The average Bonchev–Trinajstić information content (AvgIpc) is 3.41. The first kappa shape index (κ1) is 16.3. The summed E-state index contributed by atoms with van der Waals surface area (Å²) in [4.78, 5) is 8.30. The minimum atomic E-state index is 0.260. The van der Waals surface area contributed by atoms with Gasteiger partial charge in [0.15, 0.2) is 17.3 Å². The first-order chi connectivity index (χ1) is 13.3. The van der Waals surface area contributed by atoms with Gasteiger partial charge >= 0.3 is 0 Å². The number of thiophene rings is 1. The molecule has 0 atom stereocenters. The maximum atomic E-state index is 5.52. The number of aromatic nitrogens is 2. The van der Waals surface area contributed by atoms with Crippen molar-refractivity contribution in [2.45, 2.75) is 13.1 Å². The van der Waals surface area contributed by atoms with Crippen LogP contribution in [0.5, 0.6) is 11.5 Å². The molecule has 1 aliphatic heterocycles. The molecule has 1 aromatic carbocycles. The van der Waals surface area contributed by atoms with Crippen LogP contribution in [0.15, 0.2) is 52.5 Å². The summed E-state index contributed by atoms with van der Waals surface area (Å²) in [5.41, 5.74) is 3.07. The summed E-state index contributed by atoms with van der Waals surface area (Å²) in [5.74, 6) is 2.36. The Morgan fingerprint density at radius 2 is 2.00 bits per heavy atom. The average molecular weight is 379 g/mol. The summed E-state index contributed by atoms with van der Waals surface area (Å²) in [5, 5.41) is 6.89. The van der Waals surface area contributed by atoms with Gasteiger partial charge in [0, 0.05) is 24.1 Å². The van der Waals surface area contributed by atoms with Gasteiger partial charge < -0.3 is 14.0 Å². The van der Waals surface area contributed by atoms with Gasteiger partial charge in [-0.05, 0) is 36.2 Å². The van der Waals surface area contributed by atoms with Crippen LogP contribution in [0.1, 0.15) is 11.3 Å². The molecular formula is C20H17N3O3S. The molecule has 27 heavy (non-hydrogen) atoms. The van der Waals surface area contributed by atoms with Crippen LogP contribution in [0.2, 0.25) is 0 Å². The van der Waals surface area contributed by atoms with Gasteiger partial charge in [-0.2, -0.15) is 0 Å². The van der Waals surface area contributed by atoms with E-state index >= 15 is 0 Å². The van der Waals surface area contributed by atoms with E-state index < -0.39 is 0 Å². The summed E-state index contributed by atoms with van der Waals surface area (Å²) in [6.07, 6.45) is 1.67. The quantitative estimate of drug-likeness (QED) is 0.515. The third-order valence-corrected chi connectivity index (χ3v) is 5.38. The molecule has 5 rings (SSSR count). The van der Waals surface area contributed by atoms with E-state index in [-0.39, 0.29) is 6.79 Å². The SMILES string of the molecule is CN(Cc1ccno1)Cc1cc2cc3c(cc2nc1-c1cccs1)OCO3. The fraction of sp³-hybridized carbons (Fsp3) is 0.200. The number of fused-ring (bicyclic) bond motifs is 2. The second-order valence-electron chi connectivity index (χ2n) is 6.52. The number of hydrogen-bond donors (Lipinski definition) is 0. The van der Waals surface area contributed by atoms with Gasteiger partial charge in [0.05, 0.1) is 28.8 Å². The van der Waals surface area contributed by atoms with E-state index in [4.69, 9.17) is 19.0 Å². The van der Waals surface area contributed by atoms with Crippen LogP contribution in [0.3, 0.4) is 0 Å². The normalized spacial score (nSPS) is 13.0. The van der Waals surface area contributed by atoms with Crippen LogP contribution in [-0.4, -0.2) is 28.9 Å². The van der Waals surface area contributed by atoms with Crippen molar-refractivity contribution < 1.29 is 14.0 Å². The zero-order chi connectivity index (χ0) is 18.2.